The second-order valence-electron chi connectivity index (χ2n) is 5.80. The lowest BCUT2D eigenvalue weighted by Crippen LogP contribution is -2.35. The maximum Gasteiger partial charge on any atom is 0.0921 e. The molecule has 2 aromatic rings. The van der Waals surface area contributed by atoms with E-state index in [1.54, 1.807) is 6.33 Å². The first-order valence-corrected chi connectivity index (χ1v) is 7.63. The van der Waals surface area contributed by atoms with Crippen molar-refractivity contribution < 1.29 is 0 Å². The fourth-order valence-electron chi connectivity index (χ4n) is 3.05. The average Bonchev–Trinajstić information content (AvgIpc) is 3.01. The van der Waals surface area contributed by atoms with Crippen LogP contribution in [0.2, 0.25) is 0 Å². The van der Waals surface area contributed by atoms with Crippen LogP contribution < -0.4 is 0 Å². The van der Waals surface area contributed by atoms with Gasteiger partial charge in [0.05, 0.1) is 6.33 Å². The molecule has 3 rings (SSSR count). The summed E-state index contributed by atoms with van der Waals surface area (Å²) in [5, 5.41) is 0. The Kier molecular flexibility index (Phi) is 8.98. The highest BCUT2D eigenvalue weighted by atomic mass is 79.9. The molecule has 1 N–H and O–H groups in total. The number of rotatable bonds is 5. The predicted octanol–water partition coefficient (Wildman–Crippen LogP) is 4.06. The van der Waals surface area contributed by atoms with Crippen molar-refractivity contribution in [1.29, 1.82) is 0 Å². The van der Waals surface area contributed by atoms with Gasteiger partial charge >= 0.3 is 0 Å². The summed E-state index contributed by atoms with van der Waals surface area (Å²) >= 11 is 0. The Morgan fingerprint density at radius 2 is 1.82 bits per heavy atom. The van der Waals surface area contributed by atoms with Crippen LogP contribution in [0.4, 0.5) is 0 Å². The number of benzene rings is 1. The minimum atomic E-state index is 0. The van der Waals surface area contributed by atoms with Crippen molar-refractivity contribution in [3.05, 3.63) is 54.1 Å². The van der Waals surface area contributed by atoms with Gasteiger partial charge in [-0.25, -0.2) is 4.98 Å². The van der Waals surface area contributed by atoms with Crippen LogP contribution in [0.25, 0.3) is 0 Å². The topological polar surface area (TPSA) is 31.9 Å². The van der Waals surface area contributed by atoms with Crippen LogP contribution in [0, 0.1) is 5.92 Å². The van der Waals surface area contributed by atoms with Gasteiger partial charge in [-0.1, -0.05) is 30.3 Å². The molecule has 0 unspecified atom stereocenters. The van der Waals surface area contributed by atoms with Crippen LogP contribution in [-0.4, -0.2) is 34.5 Å². The number of piperidine rings is 1. The molecule has 0 spiro atoms. The van der Waals surface area contributed by atoms with Crippen LogP contribution in [0.15, 0.2) is 42.9 Å². The fraction of sp³-hybridized carbons (Fsp3) is 0.471. The minimum absolute atomic E-state index is 0. The normalized spacial score (nSPS) is 15.8. The molecular formula is C17H25Br2N3. The van der Waals surface area contributed by atoms with Crippen LogP contribution in [-0.2, 0) is 12.8 Å². The average molecular weight is 431 g/mol. The molecule has 0 amide bonds. The summed E-state index contributed by atoms with van der Waals surface area (Å²) in [6.07, 6.45) is 8.70. The molecule has 1 aliphatic rings. The molecule has 0 aliphatic carbocycles. The van der Waals surface area contributed by atoms with Crippen LogP contribution in [0.5, 0.6) is 0 Å². The van der Waals surface area contributed by atoms with Crippen molar-refractivity contribution in [2.24, 2.45) is 5.92 Å². The standard InChI is InChI=1S/C17H23N3.2BrH/c1-2-4-15(5-3-1)6-9-20-10-7-16(8-11-20)12-17-13-18-14-19-17;;/h1-5,13-14,16H,6-12H2,(H,18,19);2*1H. The third kappa shape index (κ3) is 5.86. The largest absolute Gasteiger partial charge is 0.348 e. The van der Waals surface area contributed by atoms with E-state index in [9.17, 15) is 0 Å². The van der Waals surface area contributed by atoms with Gasteiger partial charge in [-0.2, -0.15) is 0 Å². The molecule has 0 bridgehead atoms. The molecule has 0 atom stereocenters. The number of imidazole rings is 1. The number of aromatic nitrogens is 2. The molecule has 5 heteroatoms. The first kappa shape index (κ1) is 19.4. The van der Waals surface area contributed by atoms with Gasteiger partial charge in [-0.15, -0.1) is 34.0 Å². The third-order valence-corrected chi connectivity index (χ3v) is 4.33. The zero-order valence-corrected chi connectivity index (χ0v) is 16.2. The summed E-state index contributed by atoms with van der Waals surface area (Å²) < 4.78 is 0. The Morgan fingerprint density at radius 1 is 1.09 bits per heavy atom. The summed E-state index contributed by atoms with van der Waals surface area (Å²) in [6.45, 7) is 3.68. The Balaban J connectivity index is 0.00000121. The van der Waals surface area contributed by atoms with Crippen LogP contribution in [0.3, 0.4) is 0 Å². The number of H-pyrrole nitrogens is 1. The molecule has 22 heavy (non-hydrogen) atoms. The third-order valence-electron chi connectivity index (χ3n) is 4.33. The second-order valence-corrected chi connectivity index (χ2v) is 5.80. The maximum atomic E-state index is 4.10. The zero-order chi connectivity index (χ0) is 13.6. The van der Waals surface area contributed by atoms with E-state index in [4.69, 9.17) is 0 Å². The Labute approximate surface area is 154 Å². The smallest absolute Gasteiger partial charge is 0.0921 e. The highest BCUT2D eigenvalue weighted by Gasteiger charge is 2.19. The van der Waals surface area contributed by atoms with Gasteiger partial charge in [0.15, 0.2) is 0 Å². The van der Waals surface area contributed by atoms with Crippen molar-refractivity contribution in [2.45, 2.75) is 25.7 Å². The zero-order valence-electron chi connectivity index (χ0n) is 12.8. The lowest BCUT2D eigenvalue weighted by atomic mass is 9.92. The molecule has 0 radical (unpaired) electrons. The van der Waals surface area contributed by atoms with Gasteiger partial charge in [0.25, 0.3) is 0 Å². The van der Waals surface area contributed by atoms with Gasteiger partial charge in [0.2, 0.25) is 0 Å². The van der Waals surface area contributed by atoms with Crippen molar-refractivity contribution in [2.75, 3.05) is 19.6 Å². The molecule has 122 valence electrons. The van der Waals surface area contributed by atoms with Crippen LogP contribution >= 0.6 is 34.0 Å². The molecule has 2 heterocycles. The number of nitrogens with one attached hydrogen (secondary N) is 1. The van der Waals surface area contributed by atoms with Crippen molar-refractivity contribution in [3.63, 3.8) is 0 Å². The van der Waals surface area contributed by atoms with Crippen molar-refractivity contribution in [3.8, 4) is 0 Å². The molecular weight excluding hydrogens is 406 g/mol. The summed E-state index contributed by atoms with van der Waals surface area (Å²) in [5.74, 6) is 0.823. The number of aromatic amines is 1. The van der Waals surface area contributed by atoms with E-state index in [0.717, 1.165) is 12.3 Å². The van der Waals surface area contributed by atoms with Crippen molar-refractivity contribution >= 4 is 34.0 Å². The number of nitrogens with zero attached hydrogens (tertiary/aromatic N) is 2. The van der Waals surface area contributed by atoms with Crippen LogP contribution in [0.1, 0.15) is 24.1 Å². The van der Waals surface area contributed by atoms with E-state index < -0.39 is 0 Å². The number of hydrogen-bond donors (Lipinski definition) is 1. The summed E-state index contributed by atoms with van der Waals surface area (Å²) in [5.41, 5.74) is 2.74. The molecule has 3 nitrogen and oxygen atoms in total. The summed E-state index contributed by atoms with van der Waals surface area (Å²) in [7, 11) is 0. The van der Waals surface area contributed by atoms with Crippen molar-refractivity contribution in [1.82, 2.24) is 14.9 Å². The highest BCUT2D eigenvalue weighted by molar-refractivity contribution is 8.93. The molecule has 1 aromatic heterocycles. The monoisotopic (exact) mass is 429 g/mol. The van der Waals surface area contributed by atoms with E-state index in [-0.39, 0.29) is 34.0 Å². The van der Waals surface area contributed by atoms with E-state index in [1.807, 2.05) is 6.20 Å². The first-order chi connectivity index (χ1) is 9.90. The number of halogens is 2. The molecule has 1 aromatic carbocycles. The molecule has 0 saturated carbocycles. The van der Waals surface area contributed by atoms with E-state index in [0.29, 0.717) is 0 Å². The van der Waals surface area contributed by atoms with Gasteiger partial charge < -0.3 is 9.88 Å². The number of likely N-dealkylation sites (tertiary alicyclic amines) is 1. The van der Waals surface area contributed by atoms with Gasteiger partial charge in [-0.3, -0.25) is 0 Å². The second kappa shape index (κ2) is 10.2. The van der Waals surface area contributed by atoms with Gasteiger partial charge in [-0.05, 0) is 50.3 Å². The first-order valence-electron chi connectivity index (χ1n) is 7.63. The minimum Gasteiger partial charge on any atom is -0.348 e. The highest BCUT2D eigenvalue weighted by Crippen LogP contribution is 2.20. The lowest BCUT2D eigenvalue weighted by Gasteiger charge is -2.31. The van der Waals surface area contributed by atoms with E-state index >= 15 is 0 Å². The molecule has 1 saturated heterocycles. The summed E-state index contributed by atoms with van der Waals surface area (Å²) in [6, 6.07) is 10.8. The molecule has 1 fully saturated rings. The van der Waals surface area contributed by atoms with E-state index in [1.165, 1.54) is 50.2 Å². The SMILES string of the molecule is Br.Br.c1ccc(CCN2CCC(Cc3cnc[nH]3)CC2)cc1. The quantitative estimate of drug-likeness (QED) is 0.775. The van der Waals surface area contributed by atoms with Gasteiger partial charge in [0, 0.05) is 18.4 Å². The number of hydrogen-bond acceptors (Lipinski definition) is 2. The predicted molar refractivity (Wildman–Crippen MR) is 102 cm³/mol. The Morgan fingerprint density at radius 3 is 2.45 bits per heavy atom. The molecule has 1 aliphatic heterocycles. The maximum absolute atomic E-state index is 4.10. The Hall–Kier alpha value is -0.650. The Bertz CT molecular complexity index is 494. The lowest BCUT2D eigenvalue weighted by molar-refractivity contribution is 0.185. The fourth-order valence-corrected chi connectivity index (χ4v) is 3.05. The summed E-state index contributed by atoms with van der Waals surface area (Å²) in [4.78, 5) is 9.92. The van der Waals surface area contributed by atoms with Gasteiger partial charge in [0.1, 0.15) is 0 Å². The van der Waals surface area contributed by atoms with E-state index in [2.05, 4.69) is 45.2 Å².